The molecule has 4 N–H and O–H groups in total. The SMILES string of the molecule is Cc1cc(Nc2cc(NC3CCCCC3NC(=O)O)ccc2C#N)sn1. The summed E-state index contributed by atoms with van der Waals surface area (Å²) in [5, 5.41) is 28.6. The molecule has 0 spiro atoms. The van der Waals surface area contributed by atoms with Gasteiger partial charge < -0.3 is 21.1 Å². The quantitative estimate of drug-likeness (QED) is 0.631. The van der Waals surface area contributed by atoms with Crippen molar-refractivity contribution >= 4 is 34.0 Å². The number of nitrogens with zero attached hydrogens (tertiary/aromatic N) is 2. The molecule has 1 aromatic heterocycles. The second kappa shape index (κ2) is 8.06. The first-order valence-electron chi connectivity index (χ1n) is 8.55. The fraction of sp³-hybridized carbons (Fsp3) is 0.389. The van der Waals surface area contributed by atoms with Crippen LogP contribution >= 0.6 is 11.5 Å². The minimum absolute atomic E-state index is 0.0336. The van der Waals surface area contributed by atoms with E-state index in [9.17, 15) is 10.1 Å². The fourth-order valence-electron chi connectivity index (χ4n) is 3.24. The molecule has 1 amide bonds. The van der Waals surface area contributed by atoms with Gasteiger partial charge in [-0.25, -0.2) is 4.79 Å². The van der Waals surface area contributed by atoms with Crippen LogP contribution in [0.15, 0.2) is 24.3 Å². The van der Waals surface area contributed by atoms with E-state index in [2.05, 4.69) is 26.4 Å². The molecule has 0 saturated heterocycles. The predicted octanol–water partition coefficient (Wildman–Crippen LogP) is 4.06. The van der Waals surface area contributed by atoms with Crippen molar-refractivity contribution in [2.45, 2.75) is 44.7 Å². The molecule has 136 valence electrons. The van der Waals surface area contributed by atoms with Crippen LogP contribution in [0.5, 0.6) is 0 Å². The van der Waals surface area contributed by atoms with E-state index in [0.29, 0.717) is 11.3 Å². The summed E-state index contributed by atoms with van der Waals surface area (Å²) in [6.07, 6.45) is 2.82. The second-order valence-corrected chi connectivity index (χ2v) is 7.23. The number of nitriles is 1. The van der Waals surface area contributed by atoms with Gasteiger partial charge in [0, 0.05) is 11.7 Å². The molecule has 1 aromatic carbocycles. The zero-order valence-corrected chi connectivity index (χ0v) is 15.3. The summed E-state index contributed by atoms with van der Waals surface area (Å²) in [5.41, 5.74) is 3.04. The van der Waals surface area contributed by atoms with E-state index >= 15 is 0 Å². The molecule has 1 saturated carbocycles. The number of carboxylic acid groups (broad SMARTS) is 1. The van der Waals surface area contributed by atoms with Crippen molar-refractivity contribution in [3.8, 4) is 6.07 Å². The summed E-state index contributed by atoms with van der Waals surface area (Å²) >= 11 is 1.35. The lowest BCUT2D eigenvalue weighted by Crippen LogP contribution is -2.48. The Hall–Kier alpha value is -2.79. The Bertz CT molecular complexity index is 829. The van der Waals surface area contributed by atoms with Gasteiger partial charge >= 0.3 is 6.09 Å². The third-order valence-electron chi connectivity index (χ3n) is 4.45. The van der Waals surface area contributed by atoms with Gasteiger partial charge in [-0.05, 0) is 55.6 Å². The molecular weight excluding hydrogens is 350 g/mol. The molecule has 1 aliphatic carbocycles. The fourth-order valence-corrected chi connectivity index (χ4v) is 3.91. The van der Waals surface area contributed by atoms with Gasteiger partial charge in [0.1, 0.15) is 11.1 Å². The lowest BCUT2D eigenvalue weighted by molar-refractivity contribution is 0.184. The number of rotatable bonds is 5. The Morgan fingerprint density at radius 1 is 1.31 bits per heavy atom. The molecule has 1 aliphatic rings. The normalized spacial score (nSPS) is 19.4. The lowest BCUT2D eigenvalue weighted by Gasteiger charge is -2.32. The van der Waals surface area contributed by atoms with Gasteiger partial charge in [-0.3, -0.25) is 0 Å². The number of benzene rings is 1. The van der Waals surface area contributed by atoms with Gasteiger partial charge in [0.05, 0.1) is 23.0 Å². The Morgan fingerprint density at radius 2 is 2.08 bits per heavy atom. The first-order chi connectivity index (χ1) is 12.5. The molecule has 2 unspecified atom stereocenters. The highest BCUT2D eigenvalue weighted by molar-refractivity contribution is 7.10. The number of hydrogen-bond acceptors (Lipinski definition) is 6. The molecule has 3 rings (SSSR count). The van der Waals surface area contributed by atoms with Crippen LogP contribution in [0.1, 0.15) is 36.9 Å². The van der Waals surface area contributed by atoms with Crippen LogP contribution in [-0.4, -0.2) is 27.7 Å². The van der Waals surface area contributed by atoms with Crippen molar-refractivity contribution in [2.75, 3.05) is 10.6 Å². The zero-order chi connectivity index (χ0) is 18.5. The highest BCUT2D eigenvalue weighted by Crippen LogP contribution is 2.29. The lowest BCUT2D eigenvalue weighted by atomic mass is 9.90. The monoisotopic (exact) mass is 371 g/mol. The van der Waals surface area contributed by atoms with Crippen molar-refractivity contribution in [1.82, 2.24) is 9.69 Å². The summed E-state index contributed by atoms with van der Waals surface area (Å²) < 4.78 is 4.24. The second-order valence-electron chi connectivity index (χ2n) is 6.42. The van der Waals surface area contributed by atoms with Crippen molar-refractivity contribution in [3.63, 3.8) is 0 Å². The maximum atomic E-state index is 11.0. The van der Waals surface area contributed by atoms with Crippen molar-refractivity contribution in [1.29, 1.82) is 5.26 Å². The molecule has 7 nitrogen and oxygen atoms in total. The Labute approximate surface area is 156 Å². The minimum Gasteiger partial charge on any atom is -0.465 e. The van der Waals surface area contributed by atoms with E-state index in [1.165, 1.54) is 11.5 Å². The van der Waals surface area contributed by atoms with Gasteiger partial charge in [0.2, 0.25) is 0 Å². The first-order valence-corrected chi connectivity index (χ1v) is 9.33. The average Bonchev–Trinajstić information content (AvgIpc) is 3.01. The van der Waals surface area contributed by atoms with E-state index in [0.717, 1.165) is 42.1 Å². The molecule has 2 aromatic rings. The largest absolute Gasteiger partial charge is 0.465 e. The minimum atomic E-state index is -0.994. The van der Waals surface area contributed by atoms with Crippen LogP contribution in [0.3, 0.4) is 0 Å². The third kappa shape index (κ3) is 4.43. The summed E-state index contributed by atoms with van der Waals surface area (Å²) in [4.78, 5) is 11.0. The molecule has 1 fully saturated rings. The van der Waals surface area contributed by atoms with E-state index in [4.69, 9.17) is 5.11 Å². The summed E-state index contributed by atoms with van der Waals surface area (Å²) in [6, 6.07) is 9.55. The zero-order valence-electron chi connectivity index (χ0n) is 14.5. The number of hydrogen-bond donors (Lipinski definition) is 4. The van der Waals surface area contributed by atoms with Crippen LogP contribution in [0, 0.1) is 18.3 Å². The Balaban J connectivity index is 1.78. The molecular formula is C18H21N5O2S. The number of aryl methyl sites for hydroxylation is 1. The van der Waals surface area contributed by atoms with E-state index in [-0.39, 0.29) is 12.1 Å². The van der Waals surface area contributed by atoms with Crippen LogP contribution in [0.4, 0.5) is 21.2 Å². The van der Waals surface area contributed by atoms with Crippen molar-refractivity contribution < 1.29 is 9.90 Å². The van der Waals surface area contributed by atoms with Crippen LogP contribution in [0.25, 0.3) is 0 Å². The maximum absolute atomic E-state index is 11.0. The number of carbonyl (C=O) groups is 1. The smallest absolute Gasteiger partial charge is 0.404 e. The van der Waals surface area contributed by atoms with E-state index in [1.807, 2.05) is 25.1 Å². The van der Waals surface area contributed by atoms with Crippen LogP contribution in [-0.2, 0) is 0 Å². The molecule has 1 heterocycles. The van der Waals surface area contributed by atoms with Gasteiger partial charge in [-0.2, -0.15) is 9.64 Å². The van der Waals surface area contributed by atoms with Crippen molar-refractivity contribution in [3.05, 3.63) is 35.5 Å². The summed E-state index contributed by atoms with van der Waals surface area (Å²) in [5.74, 6) is 0. The first kappa shape index (κ1) is 18.0. The number of amides is 1. The highest BCUT2D eigenvalue weighted by Gasteiger charge is 2.26. The number of anilines is 3. The van der Waals surface area contributed by atoms with Crippen molar-refractivity contribution in [2.24, 2.45) is 0 Å². The van der Waals surface area contributed by atoms with Gasteiger partial charge in [-0.1, -0.05) is 12.8 Å². The maximum Gasteiger partial charge on any atom is 0.404 e. The van der Waals surface area contributed by atoms with E-state index in [1.54, 1.807) is 6.07 Å². The third-order valence-corrected chi connectivity index (χ3v) is 5.25. The molecule has 0 aliphatic heterocycles. The predicted molar refractivity (Wildman–Crippen MR) is 102 cm³/mol. The topological polar surface area (TPSA) is 110 Å². The number of nitrogens with one attached hydrogen (secondary N) is 3. The van der Waals surface area contributed by atoms with Gasteiger partial charge in [-0.15, -0.1) is 0 Å². The van der Waals surface area contributed by atoms with Gasteiger partial charge in [0.15, 0.2) is 0 Å². The van der Waals surface area contributed by atoms with Crippen LogP contribution < -0.4 is 16.0 Å². The molecule has 0 bridgehead atoms. The highest BCUT2D eigenvalue weighted by atomic mass is 32.1. The Kier molecular flexibility index (Phi) is 5.58. The average molecular weight is 371 g/mol. The molecule has 8 heteroatoms. The van der Waals surface area contributed by atoms with Crippen LogP contribution in [0.2, 0.25) is 0 Å². The number of aromatic nitrogens is 1. The standard InChI is InChI=1S/C18H21N5O2S/c1-11-8-17(26-23-11)21-16-9-13(7-6-12(16)10-19)20-14-4-2-3-5-15(14)22-18(24)25/h6-9,14-15,20-22H,2-5H2,1H3,(H,24,25). The Morgan fingerprint density at radius 3 is 2.73 bits per heavy atom. The van der Waals surface area contributed by atoms with E-state index < -0.39 is 6.09 Å². The molecule has 0 radical (unpaired) electrons. The summed E-state index contributed by atoms with van der Waals surface area (Å²) in [6.45, 7) is 1.92. The summed E-state index contributed by atoms with van der Waals surface area (Å²) in [7, 11) is 0. The molecule has 2 atom stereocenters. The van der Waals surface area contributed by atoms with Gasteiger partial charge in [0.25, 0.3) is 0 Å². The molecule has 26 heavy (non-hydrogen) atoms.